The van der Waals surface area contributed by atoms with Crippen molar-refractivity contribution in [3.63, 3.8) is 0 Å². The average Bonchev–Trinajstić information content (AvgIpc) is 2.98. The number of nitrogens with zero attached hydrogens (tertiary/aromatic N) is 1. The lowest BCUT2D eigenvalue weighted by molar-refractivity contribution is 0.535. The van der Waals surface area contributed by atoms with Crippen LogP contribution in [0.15, 0.2) is 24.5 Å². The highest BCUT2D eigenvalue weighted by Gasteiger charge is 2.23. The number of rotatable bonds is 31. The van der Waals surface area contributed by atoms with Crippen LogP contribution in [0.25, 0.3) is 0 Å². The molecule has 3 heteroatoms. The molecule has 0 unspecified atom stereocenters. The zero-order chi connectivity index (χ0) is 28.8. The lowest BCUT2D eigenvalue weighted by Gasteiger charge is -2.19. The molecule has 0 atom stereocenters. The minimum absolute atomic E-state index is 0.896. The molecule has 0 saturated carbocycles. The van der Waals surface area contributed by atoms with Gasteiger partial charge in [0, 0.05) is 30.0 Å². The van der Waals surface area contributed by atoms with Gasteiger partial charge in [0.25, 0.3) is 0 Å². The van der Waals surface area contributed by atoms with E-state index in [-0.39, 0.29) is 0 Å². The monoisotopic (exact) mass is 576 g/mol. The van der Waals surface area contributed by atoms with Crippen LogP contribution in [-0.2, 0) is 4.57 Å². The summed E-state index contributed by atoms with van der Waals surface area (Å²) in [5, 5.41) is 1.08. The zero-order valence-corrected chi connectivity index (χ0v) is 28.2. The van der Waals surface area contributed by atoms with Crippen molar-refractivity contribution < 1.29 is 4.57 Å². The summed E-state index contributed by atoms with van der Waals surface area (Å²) < 4.78 is 14.0. The first-order valence-corrected chi connectivity index (χ1v) is 20.3. The third kappa shape index (κ3) is 22.0. The largest absolute Gasteiger partial charge is 0.319 e. The molecule has 0 aliphatic heterocycles. The van der Waals surface area contributed by atoms with Crippen molar-refractivity contribution in [3.8, 4) is 0 Å². The lowest BCUT2D eigenvalue weighted by atomic mass is 10.0. The quantitative estimate of drug-likeness (QED) is 0.0651. The summed E-state index contributed by atoms with van der Waals surface area (Å²) in [4.78, 5) is 4.18. The van der Waals surface area contributed by atoms with Crippen molar-refractivity contribution in [1.29, 1.82) is 0 Å². The van der Waals surface area contributed by atoms with Gasteiger partial charge in [-0.3, -0.25) is 4.98 Å². The standard InChI is InChI=1S/C37H70NOP/c1-3-5-7-9-11-13-15-17-19-21-23-25-27-29-35-40(39,37-31-33-38-34-32-37)36-30-28-26-24-22-20-18-16-14-12-10-8-6-4-2/h31-34H,3-30,35-36H2,1-2H3. The van der Waals surface area contributed by atoms with Gasteiger partial charge in [-0.2, -0.15) is 0 Å². The van der Waals surface area contributed by atoms with E-state index < -0.39 is 7.14 Å². The molecule has 1 rings (SSSR count). The fourth-order valence-electron chi connectivity index (χ4n) is 6.11. The summed E-state index contributed by atoms with van der Waals surface area (Å²) in [6, 6.07) is 4.04. The van der Waals surface area contributed by atoms with Crippen molar-refractivity contribution in [2.45, 2.75) is 194 Å². The van der Waals surface area contributed by atoms with E-state index in [1.54, 1.807) is 0 Å². The van der Waals surface area contributed by atoms with Crippen LogP contribution >= 0.6 is 7.14 Å². The van der Waals surface area contributed by atoms with Crippen molar-refractivity contribution in [3.05, 3.63) is 24.5 Å². The molecule has 0 saturated heterocycles. The smallest absolute Gasteiger partial charge is 0.115 e. The molecule has 0 spiro atoms. The third-order valence-electron chi connectivity index (χ3n) is 8.88. The fraction of sp³-hybridized carbons (Fsp3) is 0.865. The van der Waals surface area contributed by atoms with Gasteiger partial charge in [0.2, 0.25) is 0 Å². The molecule has 0 amide bonds. The van der Waals surface area contributed by atoms with Crippen molar-refractivity contribution >= 4 is 12.4 Å². The molecular weight excluding hydrogens is 505 g/mol. The van der Waals surface area contributed by atoms with Gasteiger partial charge in [-0.1, -0.05) is 181 Å². The van der Waals surface area contributed by atoms with E-state index in [4.69, 9.17) is 0 Å². The van der Waals surface area contributed by atoms with E-state index in [9.17, 15) is 4.57 Å². The van der Waals surface area contributed by atoms with Crippen LogP contribution in [0.2, 0.25) is 0 Å². The highest BCUT2D eigenvalue weighted by molar-refractivity contribution is 7.71. The predicted molar refractivity (Wildman–Crippen MR) is 182 cm³/mol. The van der Waals surface area contributed by atoms with Crippen LogP contribution in [0.1, 0.15) is 194 Å². The molecule has 234 valence electrons. The summed E-state index contributed by atoms with van der Waals surface area (Å²) in [7, 11) is -2.28. The molecule has 1 heterocycles. The molecule has 0 aliphatic rings. The Morgan fingerprint density at radius 1 is 0.425 bits per heavy atom. The van der Waals surface area contributed by atoms with E-state index >= 15 is 0 Å². The van der Waals surface area contributed by atoms with Crippen LogP contribution < -0.4 is 5.30 Å². The number of unbranched alkanes of at least 4 members (excludes halogenated alkanes) is 26. The van der Waals surface area contributed by atoms with Crippen molar-refractivity contribution in [1.82, 2.24) is 4.98 Å². The second-order valence-corrected chi connectivity index (χ2v) is 15.9. The van der Waals surface area contributed by atoms with Gasteiger partial charge >= 0.3 is 0 Å². The molecule has 0 N–H and O–H groups in total. The van der Waals surface area contributed by atoms with E-state index in [1.165, 1.54) is 167 Å². The molecule has 0 aliphatic carbocycles. The Bertz CT molecular complexity index is 640. The average molecular weight is 576 g/mol. The number of aromatic nitrogens is 1. The van der Waals surface area contributed by atoms with Gasteiger partial charge in [0.05, 0.1) is 0 Å². The normalized spacial score (nSPS) is 11.8. The molecule has 0 aromatic carbocycles. The maximum atomic E-state index is 14.0. The van der Waals surface area contributed by atoms with Crippen LogP contribution in [0.3, 0.4) is 0 Å². The molecule has 0 bridgehead atoms. The Morgan fingerprint density at radius 3 is 0.950 bits per heavy atom. The summed E-state index contributed by atoms with van der Waals surface area (Å²) in [5.74, 6) is 0. The molecule has 2 nitrogen and oxygen atoms in total. The Balaban J connectivity index is 2.08. The SMILES string of the molecule is CCCCCCCCCCCCCCCCP(=O)(CCCCCCCCCCCCCCCC)c1ccncc1. The lowest BCUT2D eigenvalue weighted by Crippen LogP contribution is -2.11. The Hall–Kier alpha value is -0.620. The number of hydrogen-bond donors (Lipinski definition) is 0. The van der Waals surface area contributed by atoms with Gasteiger partial charge in [-0.15, -0.1) is 0 Å². The van der Waals surface area contributed by atoms with E-state index in [2.05, 4.69) is 18.8 Å². The summed E-state index contributed by atoms with van der Waals surface area (Å²) in [5.41, 5.74) is 0. The molecule has 0 fully saturated rings. The summed E-state index contributed by atoms with van der Waals surface area (Å²) in [6.07, 6.45) is 43.8. The topological polar surface area (TPSA) is 30.0 Å². The van der Waals surface area contributed by atoms with Crippen molar-refractivity contribution in [2.24, 2.45) is 0 Å². The first-order chi connectivity index (χ1) is 19.7. The van der Waals surface area contributed by atoms with E-state index in [0.717, 1.165) is 30.5 Å². The number of hydrogen-bond acceptors (Lipinski definition) is 2. The van der Waals surface area contributed by atoms with Crippen LogP contribution in [-0.4, -0.2) is 17.3 Å². The molecular formula is C37H70NOP. The second-order valence-electron chi connectivity index (χ2n) is 12.7. The van der Waals surface area contributed by atoms with Crippen molar-refractivity contribution in [2.75, 3.05) is 12.3 Å². The minimum atomic E-state index is -2.28. The highest BCUT2D eigenvalue weighted by Crippen LogP contribution is 2.46. The van der Waals surface area contributed by atoms with Crippen LogP contribution in [0.4, 0.5) is 0 Å². The van der Waals surface area contributed by atoms with Crippen LogP contribution in [0.5, 0.6) is 0 Å². The van der Waals surface area contributed by atoms with Crippen LogP contribution in [0, 0.1) is 0 Å². The second kappa shape index (κ2) is 28.5. The maximum absolute atomic E-state index is 14.0. The van der Waals surface area contributed by atoms with Gasteiger partial charge in [0.15, 0.2) is 0 Å². The third-order valence-corrected chi connectivity index (χ3v) is 12.2. The minimum Gasteiger partial charge on any atom is -0.319 e. The zero-order valence-electron chi connectivity index (χ0n) is 27.3. The summed E-state index contributed by atoms with van der Waals surface area (Å²) in [6.45, 7) is 4.59. The van der Waals surface area contributed by atoms with Gasteiger partial charge in [-0.25, -0.2) is 0 Å². The highest BCUT2D eigenvalue weighted by atomic mass is 31.2. The fourth-order valence-corrected chi connectivity index (χ4v) is 8.99. The first kappa shape index (κ1) is 37.4. The van der Waals surface area contributed by atoms with Gasteiger partial charge in [-0.05, 0) is 25.0 Å². The first-order valence-electron chi connectivity index (χ1n) is 18.2. The van der Waals surface area contributed by atoms with E-state index in [0.29, 0.717) is 0 Å². The predicted octanol–water partition coefficient (Wildman–Crippen LogP) is 13.0. The Morgan fingerprint density at radius 2 is 0.675 bits per heavy atom. The van der Waals surface area contributed by atoms with Gasteiger partial charge < -0.3 is 4.57 Å². The van der Waals surface area contributed by atoms with E-state index in [1.807, 2.05) is 24.5 Å². The Kier molecular flexibility index (Phi) is 26.6. The summed E-state index contributed by atoms with van der Waals surface area (Å²) >= 11 is 0. The maximum Gasteiger partial charge on any atom is 0.115 e. The molecule has 1 aromatic rings. The van der Waals surface area contributed by atoms with Gasteiger partial charge in [0.1, 0.15) is 7.14 Å². The molecule has 40 heavy (non-hydrogen) atoms. The molecule has 1 aromatic heterocycles. The molecule has 0 radical (unpaired) electrons. The number of pyridine rings is 1. The Labute approximate surface area is 252 Å².